The highest BCUT2D eigenvalue weighted by atomic mass is 16.6. The highest BCUT2D eigenvalue weighted by molar-refractivity contribution is 5.81. The van der Waals surface area contributed by atoms with Gasteiger partial charge in [-0.05, 0) is 18.4 Å². The molecule has 1 saturated carbocycles. The molecule has 0 amide bonds. The number of aliphatic hydroxyl groups is 1. The van der Waals surface area contributed by atoms with Crippen LogP contribution in [-0.4, -0.2) is 61.4 Å². The zero-order valence-electron chi connectivity index (χ0n) is 16.2. The van der Waals surface area contributed by atoms with Gasteiger partial charge in [-0.15, -0.1) is 0 Å². The molecule has 0 aromatic heterocycles. The average Bonchev–Trinajstić information content (AvgIpc) is 3.32. The van der Waals surface area contributed by atoms with E-state index in [0.717, 1.165) is 32.2 Å². The summed E-state index contributed by atoms with van der Waals surface area (Å²) < 4.78 is 11.1. The number of rotatable bonds is 6. The van der Waals surface area contributed by atoms with E-state index < -0.39 is 11.6 Å². The Bertz CT molecular complexity index is 672. The number of likely N-dealkylation sites (tertiary alicyclic amines) is 1. The molecule has 148 valence electrons. The second-order valence-electron chi connectivity index (χ2n) is 8.19. The van der Waals surface area contributed by atoms with Gasteiger partial charge in [0.1, 0.15) is 6.54 Å². The van der Waals surface area contributed by atoms with E-state index in [9.17, 15) is 14.7 Å². The Hall–Kier alpha value is -1.92. The Morgan fingerprint density at radius 1 is 1.19 bits per heavy atom. The lowest BCUT2D eigenvalue weighted by Crippen LogP contribution is -2.48. The van der Waals surface area contributed by atoms with Gasteiger partial charge in [-0.1, -0.05) is 43.2 Å². The highest BCUT2D eigenvalue weighted by Gasteiger charge is 2.49. The van der Waals surface area contributed by atoms with Gasteiger partial charge < -0.3 is 19.1 Å². The van der Waals surface area contributed by atoms with E-state index in [-0.39, 0.29) is 24.5 Å². The molecule has 0 radical (unpaired) electrons. The summed E-state index contributed by atoms with van der Waals surface area (Å²) in [5.41, 5.74) is -1.00. The van der Waals surface area contributed by atoms with Gasteiger partial charge in [0.15, 0.2) is 18.2 Å². The molecular weight excluding hydrogens is 346 g/mol. The maximum Gasteiger partial charge on any atom is 0.361 e. The number of ether oxygens (including phenoxy) is 2. The number of methoxy groups -OCH3 is 1. The first-order valence-electron chi connectivity index (χ1n) is 9.77. The van der Waals surface area contributed by atoms with Crippen LogP contribution in [0.5, 0.6) is 0 Å². The smallest absolute Gasteiger partial charge is 0.361 e. The largest absolute Gasteiger partial charge is 0.465 e. The Balaban J connectivity index is 1.73. The third-order valence-electron chi connectivity index (χ3n) is 6.12. The normalized spacial score (nSPS) is 27.9. The van der Waals surface area contributed by atoms with Crippen LogP contribution in [0.3, 0.4) is 0 Å². The fourth-order valence-electron chi connectivity index (χ4n) is 4.54. The number of carbonyl (C=O) groups excluding carboxylic acids is 2. The van der Waals surface area contributed by atoms with Crippen molar-refractivity contribution in [2.75, 3.05) is 33.8 Å². The number of benzene rings is 1. The summed E-state index contributed by atoms with van der Waals surface area (Å²) in [5, 5.41) is 11.5. The van der Waals surface area contributed by atoms with Crippen molar-refractivity contribution in [3.8, 4) is 0 Å². The van der Waals surface area contributed by atoms with Crippen LogP contribution >= 0.6 is 0 Å². The minimum atomic E-state index is -1.61. The minimum Gasteiger partial charge on any atom is -0.465 e. The predicted molar refractivity (Wildman–Crippen MR) is 99.6 cm³/mol. The van der Waals surface area contributed by atoms with Crippen LogP contribution in [0, 0.1) is 5.92 Å². The van der Waals surface area contributed by atoms with Crippen LogP contribution in [0.15, 0.2) is 30.3 Å². The van der Waals surface area contributed by atoms with Gasteiger partial charge >= 0.3 is 11.9 Å². The fraction of sp³-hybridized carbons (Fsp3) is 0.619. The van der Waals surface area contributed by atoms with E-state index in [2.05, 4.69) is 0 Å². The summed E-state index contributed by atoms with van der Waals surface area (Å²) >= 11 is 0. The van der Waals surface area contributed by atoms with Gasteiger partial charge in [-0.2, -0.15) is 0 Å². The van der Waals surface area contributed by atoms with Crippen LogP contribution < -0.4 is 0 Å². The molecule has 1 aromatic rings. The molecule has 0 spiro atoms. The van der Waals surface area contributed by atoms with Gasteiger partial charge in [0.2, 0.25) is 0 Å². The summed E-state index contributed by atoms with van der Waals surface area (Å²) in [6.07, 6.45) is 4.05. The minimum absolute atomic E-state index is 0.121. The van der Waals surface area contributed by atoms with Crippen molar-refractivity contribution in [1.82, 2.24) is 0 Å². The van der Waals surface area contributed by atoms with Crippen LogP contribution in [0.2, 0.25) is 0 Å². The maximum atomic E-state index is 13.1. The van der Waals surface area contributed by atoms with Gasteiger partial charge in [-0.3, -0.25) is 0 Å². The van der Waals surface area contributed by atoms with Crippen molar-refractivity contribution >= 4 is 11.9 Å². The van der Waals surface area contributed by atoms with Crippen molar-refractivity contribution < 1.29 is 28.7 Å². The highest BCUT2D eigenvalue weighted by Crippen LogP contribution is 2.42. The van der Waals surface area contributed by atoms with Crippen LogP contribution in [0.25, 0.3) is 0 Å². The first-order chi connectivity index (χ1) is 12.9. The van der Waals surface area contributed by atoms with Gasteiger partial charge in [0.05, 0.1) is 20.7 Å². The topological polar surface area (TPSA) is 72.8 Å². The molecule has 1 aromatic carbocycles. The number of likely N-dealkylation sites (N-methyl/N-ethyl adjacent to an activating group) is 1. The quantitative estimate of drug-likeness (QED) is 0.607. The van der Waals surface area contributed by atoms with E-state index in [4.69, 9.17) is 9.47 Å². The molecule has 0 bridgehead atoms. The second kappa shape index (κ2) is 7.98. The summed E-state index contributed by atoms with van der Waals surface area (Å²) in [5.74, 6) is -0.946. The van der Waals surface area contributed by atoms with E-state index >= 15 is 0 Å². The molecule has 1 heterocycles. The molecule has 27 heavy (non-hydrogen) atoms. The summed E-state index contributed by atoms with van der Waals surface area (Å²) in [6, 6.07) is 9.14. The van der Waals surface area contributed by atoms with Gasteiger partial charge in [-0.25, -0.2) is 9.59 Å². The molecule has 6 heteroatoms. The summed E-state index contributed by atoms with van der Waals surface area (Å²) in [7, 11) is 3.34. The average molecular weight is 376 g/mol. The van der Waals surface area contributed by atoms with Crippen molar-refractivity contribution in [3.63, 3.8) is 0 Å². The summed E-state index contributed by atoms with van der Waals surface area (Å²) in [4.78, 5) is 24.8. The molecule has 1 unspecified atom stereocenters. The second-order valence-corrected chi connectivity index (χ2v) is 8.19. The number of hydrogen-bond acceptors (Lipinski definition) is 5. The number of carbonyl (C=O) groups is 2. The number of hydrogen-bond donors (Lipinski definition) is 1. The van der Waals surface area contributed by atoms with E-state index in [1.165, 1.54) is 7.11 Å². The SMILES string of the molecule is COC(=O)C[N@@+]1(C)CC[C@H](OC(=O)C(O)(c2ccccc2)C2CCCC2)C1. The number of nitrogens with zero attached hydrogens (tertiary/aromatic N) is 1. The third kappa shape index (κ3) is 4.17. The number of esters is 2. The van der Waals surface area contributed by atoms with Crippen LogP contribution in [0.1, 0.15) is 37.7 Å². The van der Waals surface area contributed by atoms with Gasteiger partial charge in [0, 0.05) is 12.3 Å². The summed E-state index contributed by atoms with van der Waals surface area (Å²) in [6.45, 7) is 1.55. The molecule has 1 saturated heterocycles. The molecule has 3 atom stereocenters. The van der Waals surface area contributed by atoms with E-state index in [1.54, 1.807) is 12.1 Å². The maximum absolute atomic E-state index is 13.1. The number of quaternary nitrogens is 1. The molecule has 3 rings (SSSR count). The Labute approximate surface area is 160 Å². The van der Waals surface area contributed by atoms with Crippen molar-refractivity contribution in [2.24, 2.45) is 5.92 Å². The van der Waals surface area contributed by atoms with Gasteiger partial charge in [0.25, 0.3) is 0 Å². The molecular formula is C21H30NO5+. The first-order valence-corrected chi connectivity index (χ1v) is 9.77. The van der Waals surface area contributed by atoms with Crippen molar-refractivity contribution in [3.05, 3.63) is 35.9 Å². The van der Waals surface area contributed by atoms with Crippen LogP contribution in [-0.2, 0) is 24.7 Å². The molecule has 6 nitrogen and oxygen atoms in total. The lowest BCUT2D eigenvalue weighted by Gasteiger charge is -2.33. The van der Waals surface area contributed by atoms with Crippen molar-refractivity contribution in [2.45, 2.75) is 43.8 Å². The van der Waals surface area contributed by atoms with Crippen LogP contribution in [0.4, 0.5) is 0 Å². The lowest BCUT2D eigenvalue weighted by atomic mass is 9.80. The molecule has 2 fully saturated rings. The molecule has 1 aliphatic heterocycles. The first kappa shape index (κ1) is 19.8. The monoisotopic (exact) mass is 376 g/mol. The zero-order valence-corrected chi connectivity index (χ0v) is 16.2. The van der Waals surface area contributed by atoms with Crippen molar-refractivity contribution in [1.29, 1.82) is 0 Å². The van der Waals surface area contributed by atoms with E-state index in [1.807, 2.05) is 25.2 Å². The Morgan fingerprint density at radius 3 is 2.48 bits per heavy atom. The third-order valence-corrected chi connectivity index (χ3v) is 6.12. The lowest BCUT2D eigenvalue weighted by molar-refractivity contribution is -0.891. The Kier molecular flexibility index (Phi) is 5.86. The zero-order chi connectivity index (χ0) is 19.5. The molecule has 1 aliphatic carbocycles. The Morgan fingerprint density at radius 2 is 1.85 bits per heavy atom. The molecule has 2 aliphatic rings. The van der Waals surface area contributed by atoms with E-state index in [0.29, 0.717) is 23.0 Å². The molecule has 1 N–H and O–H groups in total. The standard InChI is InChI=1S/C21H30NO5/c1-22(15-19(23)26-2)13-12-18(14-22)27-20(24)21(25,17-10-6-7-11-17)16-8-4-3-5-9-16/h3-5,8-9,17-18,25H,6-7,10-15H2,1-2H3/q+1/t18-,21?,22-/m0/s1. The fourth-order valence-corrected chi connectivity index (χ4v) is 4.54. The predicted octanol–water partition coefficient (Wildman–Crippen LogP) is 2.00.